The van der Waals surface area contributed by atoms with Crippen molar-refractivity contribution in [3.8, 4) is 0 Å². The van der Waals surface area contributed by atoms with Gasteiger partial charge in [0.1, 0.15) is 5.69 Å². The van der Waals surface area contributed by atoms with Crippen molar-refractivity contribution >= 4 is 11.8 Å². The number of carbonyl (C=O) groups is 2. The summed E-state index contributed by atoms with van der Waals surface area (Å²) in [6.07, 6.45) is 2.35. The highest BCUT2D eigenvalue weighted by molar-refractivity contribution is 5.98. The van der Waals surface area contributed by atoms with Crippen LogP contribution >= 0.6 is 0 Å². The van der Waals surface area contributed by atoms with E-state index in [2.05, 4.69) is 10.3 Å². The lowest BCUT2D eigenvalue weighted by Crippen LogP contribution is -2.40. The van der Waals surface area contributed by atoms with Crippen molar-refractivity contribution in [2.75, 3.05) is 32.8 Å². The van der Waals surface area contributed by atoms with Gasteiger partial charge < -0.3 is 15.0 Å². The third-order valence-electron chi connectivity index (χ3n) is 3.07. The van der Waals surface area contributed by atoms with Crippen LogP contribution in [0.25, 0.3) is 0 Å². The average molecular weight is 277 g/mol. The number of carbonyl (C=O) groups excluding carboxylic acids is 2. The van der Waals surface area contributed by atoms with E-state index in [1.54, 1.807) is 17.0 Å². The Balaban J connectivity index is 2.08. The van der Waals surface area contributed by atoms with Gasteiger partial charge in [-0.25, -0.2) is 0 Å². The van der Waals surface area contributed by atoms with Crippen LogP contribution in [0.1, 0.15) is 34.2 Å². The molecule has 0 saturated carbocycles. The van der Waals surface area contributed by atoms with Crippen molar-refractivity contribution < 1.29 is 14.3 Å². The molecule has 1 aliphatic rings. The molecule has 6 nitrogen and oxygen atoms in total. The number of ether oxygens (including phenoxy) is 1. The molecule has 1 aromatic heterocycles. The molecule has 2 heterocycles. The van der Waals surface area contributed by atoms with Crippen LogP contribution in [0.4, 0.5) is 0 Å². The van der Waals surface area contributed by atoms with Gasteiger partial charge in [-0.15, -0.1) is 0 Å². The first-order chi connectivity index (χ1) is 9.72. The Morgan fingerprint density at radius 1 is 1.40 bits per heavy atom. The van der Waals surface area contributed by atoms with Crippen molar-refractivity contribution in [2.24, 2.45) is 0 Å². The summed E-state index contributed by atoms with van der Waals surface area (Å²) >= 11 is 0. The first-order valence-electron chi connectivity index (χ1n) is 6.83. The summed E-state index contributed by atoms with van der Waals surface area (Å²) in [5, 5.41) is 2.75. The summed E-state index contributed by atoms with van der Waals surface area (Å²) in [6, 6.07) is 3.18. The minimum Gasteiger partial charge on any atom is -0.378 e. The molecule has 0 aliphatic carbocycles. The molecule has 0 atom stereocenters. The second-order valence-corrected chi connectivity index (χ2v) is 4.59. The Kier molecular flexibility index (Phi) is 5.06. The zero-order valence-corrected chi connectivity index (χ0v) is 11.6. The molecule has 1 aliphatic heterocycles. The largest absolute Gasteiger partial charge is 0.378 e. The van der Waals surface area contributed by atoms with E-state index >= 15 is 0 Å². The molecule has 20 heavy (non-hydrogen) atoms. The van der Waals surface area contributed by atoms with Crippen LogP contribution in [0.3, 0.4) is 0 Å². The first-order valence-corrected chi connectivity index (χ1v) is 6.83. The molecule has 1 saturated heterocycles. The van der Waals surface area contributed by atoms with Gasteiger partial charge in [0.25, 0.3) is 11.8 Å². The van der Waals surface area contributed by atoms with Gasteiger partial charge in [-0.1, -0.05) is 6.92 Å². The van der Waals surface area contributed by atoms with Crippen molar-refractivity contribution in [3.05, 3.63) is 29.6 Å². The number of amides is 2. The van der Waals surface area contributed by atoms with Gasteiger partial charge in [0.2, 0.25) is 0 Å². The Bertz CT molecular complexity index is 484. The third-order valence-corrected chi connectivity index (χ3v) is 3.07. The van der Waals surface area contributed by atoms with E-state index in [4.69, 9.17) is 4.74 Å². The molecule has 2 amide bonds. The van der Waals surface area contributed by atoms with Crippen molar-refractivity contribution in [2.45, 2.75) is 13.3 Å². The minimum absolute atomic E-state index is 0.0831. The molecular formula is C14H19N3O3. The van der Waals surface area contributed by atoms with E-state index in [-0.39, 0.29) is 17.5 Å². The van der Waals surface area contributed by atoms with Crippen LogP contribution in [0, 0.1) is 0 Å². The molecule has 6 heteroatoms. The fourth-order valence-electron chi connectivity index (χ4n) is 1.97. The lowest BCUT2D eigenvalue weighted by Gasteiger charge is -2.26. The predicted molar refractivity (Wildman–Crippen MR) is 73.6 cm³/mol. The van der Waals surface area contributed by atoms with Crippen molar-refractivity contribution in [1.29, 1.82) is 0 Å². The molecule has 1 aromatic rings. The number of pyridine rings is 1. The van der Waals surface area contributed by atoms with Crippen LogP contribution in [-0.4, -0.2) is 54.5 Å². The highest BCUT2D eigenvalue weighted by atomic mass is 16.5. The summed E-state index contributed by atoms with van der Waals surface area (Å²) in [6.45, 7) is 4.85. The lowest BCUT2D eigenvalue weighted by molar-refractivity contribution is 0.0303. The smallest absolute Gasteiger partial charge is 0.269 e. The summed E-state index contributed by atoms with van der Waals surface area (Å²) in [5.41, 5.74) is 0.765. The molecular weight excluding hydrogens is 258 g/mol. The van der Waals surface area contributed by atoms with E-state index in [0.717, 1.165) is 6.42 Å². The fraction of sp³-hybridized carbons (Fsp3) is 0.500. The first kappa shape index (κ1) is 14.5. The van der Waals surface area contributed by atoms with E-state index in [9.17, 15) is 9.59 Å². The Morgan fingerprint density at radius 2 is 2.15 bits per heavy atom. The molecule has 1 fully saturated rings. The molecule has 0 aromatic carbocycles. The number of hydrogen-bond acceptors (Lipinski definition) is 4. The van der Waals surface area contributed by atoms with Gasteiger partial charge in [0.15, 0.2) is 0 Å². The molecule has 0 spiro atoms. The highest BCUT2D eigenvalue weighted by Gasteiger charge is 2.19. The number of nitrogens with zero attached hydrogens (tertiary/aromatic N) is 2. The zero-order chi connectivity index (χ0) is 14.4. The number of aromatic nitrogens is 1. The summed E-state index contributed by atoms with van der Waals surface area (Å²) in [5.74, 6) is -0.330. The fourth-order valence-corrected chi connectivity index (χ4v) is 1.97. The van der Waals surface area contributed by atoms with E-state index in [0.29, 0.717) is 38.4 Å². The van der Waals surface area contributed by atoms with Crippen LogP contribution < -0.4 is 5.32 Å². The lowest BCUT2D eigenvalue weighted by atomic mass is 10.2. The standard InChI is InChI=1S/C14H19N3O3/c1-2-4-16-13(18)12-10-11(3-5-15-12)14(19)17-6-8-20-9-7-17/h3,5,10H,2,4,6-9H2,1H3,(H,16,18). The Hall–Kier alpha value is -1.95. The second-order valence-electron chi connectivity index (χ2n) is 4.59. The third kappa shape index (κ3) is 3.54. The van der Waals surface area contributed by atoms with E-state index in [1.807, 2.05) is 6.92 Å². The molecule has 0 unspecified atom stereocenters. The topological polar surface area (TPSA) is 71.5 Å². The average Bonchev–Trinajstić information content (AvgIpc) is 2.52. The maximum absolute atomic E-state index is 12.3. The number of nitrogens with one attached hydrogen (secondary N) is 1. The molecule has 1 N–H and O–H groups in total. The Morgan fingerprint density at radius 3 is 2.85 bits per heavy atom. The number of morpholine rings is 1. The van der Waals surface area contributed by atoms with Crippen LogP contribution in [0.15, 0.2) is 18.3 Å². The maximum Gasteiger partial charge on any atom is 0.269 e. The van der Waals surface area contributed by atoms with Gasteiger partial charge in [-0.2, -0.15) is 0 Å². The van der Waals surface area contributed by atoms with Gasteiger partial charge in [-0.3, -0.25) is 14.6 Å². The van der Waals surface area contributed by atoms with Gasteiger partial charge >= 0.3 is 0 Å². The summed E-state index contributed by atoms with van der Waals surface area (Å²) in [4.78, 5) is 29.9. The molecule has 0 radical (unpaired) electrons. The quantitative estimate of drug-likeness (QED) is 0.879. The van der Waals surface area contributed by atoms with Crippen LogP contribution in [-0.2, 0) is 4.74 Å². The van der Waals surface area contributed by atoms with Crippen molar-refractivity contribution in [3.63, 3.8) is 0 Å². The Labute approximate surface area is 118 Å². The van der Waals surface area contributed by atoms with Crippen LogP contribution in [0.5, 0.6) is 0 Å². The normalized spacial score (nSPS) is 14.9. The zero-order valence-electron chi connectivity index (χ0n) is 11.6. The van der Waals surface area contributed by atoms with E-state index < -0.39 is 0 Å². The number of hydrogen-bond donors (Lipinski definition) is 1. The predicted octanol–water partition coefficient (Wildman–Crippen LogP) is 0.694. The minimum atomic E-state index is -0.247. The highest BCUT2D eigenvalue weighted by Crippen LogP contribution is 2.08. The monoisotopic (exact) mass is 277 g/mol. The molecule has 108 valence electrons. The summed E-state index contributed by atoms with van der Waals surface area (Å²) in [7, 11) is 0. The maximum atomic E-state index is 12.3. The molecule has 0 bridgehead atoms. The van der Waals surface area contributed by atoms with Crippen LogP contribution in [0.2, 0.25) is 0 Å². The van der Waals surface area contributed by atoms with Gasteiger partial charge in [0.05, 0.1) is 13.2 Å². The number of rotatable bonds is 4. The SMILES string of the molecule is CCCNC(=O)c1cc(C(=O)N2CCOCC2)ccn1. The van der Waals surface area contributed by atoms with Crippen molar-refractivity contribution in [1.82, 2.24) is 15.2 Å². The van der Waals surface area contributed by atoms with Gasteiger partial charge in [-0.05, 0) is 18.6 Å². The second kappa shape index (κ2) is 7.00. The van der Waals surface area contributed by atoms with E-state index in [1.165, 1.54) is 6.20 Å². The molecule has 2 rings (SSSR count). The van der Waals surface area contributed by atoms with Gasteiger partial charge in [0, 0.05) is 31.4 Å². The summed E-state index contributed by atoms with van der Waals surface area (Å²) < 4.78 is 5.22.